The highest BCUT2D eigenvalue weighted by Crippen LogP contribution is 2.33. The fourth-order valence-electron chi connectivity index (χ4n) is 5.44. The Morgan fingerprint density at radius 1 is 0.882 bits per heavy atom. The van der Waals surface area contributed by atoms with Crippen LogP contribution in [0.5, 0.6) is 0 Å². The largest absolute Gasteiger partial charge is 0.391 e. The summed E-state index contributed by atoms with van der Waals surface area (Å²) in [5, 5.41) is 25.5. The Balaban J connectivity index is 1.44. The van der Waals surface area contributed by atoms with E-state index in [-0.39, 0.29) is 12.1 Å². The number of rotatable bonds is 7. The van der Waals surface area contributed by atoms with Crippen LogP contribution in [0.3, 0.4) is 0 Å². The molecule has 1 fully saturated rings. The third-order valence-corrected chi connectivity index (χ3v) is 7.49. The van der Waals surface area contributed by atoms with E-state index in [2.05, 4.69) is 21.6 Å². The summed E-state index contributed by atoms with van der Waals surface area (Å²) >= 11 is 12.6. The van der Waals surface area contributed by atoms with Crippen LogP contribution in [0.25, 0.3) is 21.8 Å². The Labute approximate surface area is 210 Å². The van der Waals surface area contributed by atoms with Crippen molar-refractivity contribution in [2.45, 2.75) is 57.0 Å². The van der Waals surface area contributed by atoms with Crippen LogP contribution in [0.15, 0.2) is 66.7 Å². The molecule has 0 amide bonds. The van der Waals surface area contributed by atoms with E-state index in [1.807, 2.05) is 54.6 Å². The first-order valence-corrected chi connectivity index (χ1v) is 12.8. The minimum Gasteiger partial charge on any atom is -0.391 e. The van der Waals surface area contributed by atoms with Crippen LogP contribution in [0.4, 0.5) is 0 Å². The Hall–Kier alpha value is -2.08. The molecule has 5 rings (SSSR count). The van der Waals surface area contributed by atoms with Crippen molar-refractivity contribution in [1.82, 2.24) is 9.47 Å². The molecule has 0 spiro atoms. The smallest absolute Gasteiger partial charge is 0.0846 e. The standard InChI is InChI=1S/C28H30Cl2N2O2/c29-20-10-12-25-23(14-20)24-15-21(30)11-13-26(24)32(25)18-22(33)17-31(16-19-6-2-1-3-7-19)27-8-4-5-9-28(27)34/h1-3,6-7,10-15,22,27-28,33-34H,4-5,8-9,16-18H2/t22-,27-,28+/m1/s1. The molecule has 178 valence electrons. The van der Waals surface area contributed by atoms with Crippen molar-refractivity contribution in [3.63, 3.8) is 0 Å². The van der Waals surface area contributed by atoms with Crippen molar-refractivity contribution < 1.29 is 10.2 Å². The molecule has 2 N–H and O–H groups in total. The topological polar surface area (TPSA) is 48.6 Å². The molecule has 0 aliphatic heterocycles. The van der Waals surface area contributed by atoms with Gasteiger partial charge in [0.05, 0.1) is 18.8 Å². The van der Waals surface area contributed by atoms with E-state index >= 15 is 0 Å². The molecule has 1 aliphatic carbocycles. The minimum absolute atomic E-state index is 0.0550. The van der Waals surface area contributed by atoms with Crippen LogP contribution in [0, 0.1) is 0 Å². The van der Waals surface area contributed by atoms with Crippen LogP contribution >= 0.6 is 23.2 Å². The number of aromatic nitrogens is 1. The zero-order valence-corrected chi connectivity index (χ0v) is 20.6. The molecule has 4 aromatic rings. The van der Waals surface area contributed by atoms with E-state index in [1.54, 1.807) is 0 Å². The van der Waals surface area contributed by atoms with Crippen LogP contribution in [-0.2, 0) is 13.1 Å². The van der Waals surface area contributed by atoms with Gasteiger partial charge in [-0.15, -0.1) is 0 Å². The molecule has 0 bridgehead atoms. The van der Waals surface area contributed by atoms with Gasteiger partial charge >= 0.3 is 0 Å². The first-order valence-electron chi connectivity index (χ1n) is 12.0. The molecule has 1 aromatic heterocycles. The lowest BCUT2D eigenvalue weighted by Gasteiger charge is -2.38. The first-order chi connectivity index (χ1) is 16.5. The Morgan fingerprint density at radius 3 is 2.12 bits per heavy atom. The molecule has 6 heteroatoms. The first kappa shape index (κ1) is 23.7. The molecular formula is C28H30Cl2N2O2. The van der Waals surface area contributed by atoms with Gasteiger partial charge in [0.25, 0.3) is 0 Å². The summed E-state index contributed by atoms with van der Waals surface area (Å²) in [6.07, 6.45) is 2.97. The van der Waals surface area contributed by atoms with Crippen molar-refractivity contribution in [3.8, 4) is 0 Å². The van der Waals surface area contributed by atoms with Gasteiger partial charge in [-0.1, -0.05) is 66.4 Å². The highest BCUT2D eigenvalue weighted by atomic mass is 35.5. The highest BCUT2D eigenvalue weighted by Gasteiger charge is 2.30. The van der Waals surface area contributed by atoms with E-state index in [0.717, 1.165) is 47.5 Å². The number of hydrogen-bond donors (Lipinski definition) is 2. The van der Waals surface area contributed by atoms with Gasteiger partial charge in [0.2, 0.25) is 0 Å². The summed E-state index contributed by atoms with van der Waals surface area (Å²) in [6, 6.07) is 22.0. The Bertz CT molecular complexity index is 1210. The molecule has 3 atom stereocenters. The van der Waals surface area contributed by atoms with E-state index in [0.29, 0.717) is 29.7 Å². The predicted octanol–water partition coefficient (Wildman–Crippen LogP) is 6.27. The number of nitrogens with zero attached hydrogens (tertiary/aromatic N) is 2. The predicted molar refractivity (Wildman–Crippen MR) is 141 cm³/mol. The maximum absolute atomic E-state index is 11.3. The SMILES string of the molecule is O[C@H](CN(Cc1ccccc1)[C@@H]1CCCC[C@@H]1O)Cn1c2ccc(Cl)cc2c2cc(Cl)ccc21. The Kier molecular flexibility index (Phi) is 7.14. The summed E-state index contributed by atoms with van der Waals surface area (Å²) in [6.45, 7) is 1.63. The van der Waals surface area contributed by atoms with E-state index < -0.39 is 6.10 Å². The molecule has 3 aromatic carbocycles. The second-order valence-corrected chi connectivity index (χ2v) is 10.3. The summed E-state index contributed by atoms with van der Waals surface area (Å²) < 4.78 is 2.15. The number of aliphatic hydroxyl groups excluding tert-OH is 2. The molecule has 34 heavy (non-hydrogen) atoms. The zero-order valence-electron chi connectivity index (χ0n) is 19.1. The highest BCUT2D eigenvalue weighted by molar-refractivity contribution is 6.33. The Morgan fingerprint density at radius 2 is 1.50 bits per heavy atom. The van der Waals surface area contributed by atoms with Crippen LogP contribution in [-0.4, -0.2) is 44.5 Å². The van der Waals surface area contributed by atoms with Gasteiger partial charge in [0.1, 0.15) is 0 Å². The summed E-state index contributed by atoms with van der Waals surface area (Å²) in [7, 11) is 0. The van der Waals surface area contributed by atoms with Crippen molar-refractivity contribution >= 4 is 45.0 Å². The molecular weight excluding hydrogens is 467 g/mol. The van der Waals surface area contributed by atoms with Gasteiger partial charge in [-0.25, -0.2) is 0 Å². The van der Waals surface area contributed by atoms with Gasteiger partial charge < -0.3 is 14.8 Å². The van der Waals surface area contributed by atoms with E-state index in [1.165, 1.54) is 5.56 Å². The van der Waals surface area contributed by atoms with E-state index in [4.69, 9.17) is 23.2 Å². The van der Waals surface area contributed by atoms with Gasteiger partial charge in [-0.3, -0.25) is 4.90 Å². The molecule has 4 nitrogen and oxygen atoms in total. The van der Waals surface area contributed by atoms with Gasteiger partial charge in [-0.2, -0.15) is 0 Å². The minimum atomic E-state index is -0.608. The number of benzene rings is 3. The average Bonchev–Trinajstić information content (AvgIpc) is 3.11. The van der Waals surface area contributed by atoms with Gasteiger partial charge in [0.15, 0.2) is 0 Å². The number of halogens is 2. The van der Waals surface area contributed by atoms with Gasteiger partial charge in [-0.05, 0) is 54.8 Å². The fourth-order valence-corrected chi connectivity index (χ4v) is 5.78. The lowest BCUT2D eigenvalue weighted by molar-refractivity contribution is -0.00857. The van der Waals surface area contributed by atoms with Crippen LogP contribution < -0.4 is 0 Å². The molecule has 0 saturated heterocycles. The second-order valence-electron chi connectivity index (χ2n) is 9.42. The molecule has 0 unspecified atom stereocenters. The third-order valence-electron chi connectivity index (χ3n) is 7.02. The number of hydrogen-bond acceptors (Lipinski definition) is 3. The zero-order chi connectivity index (χ0) is 23.7. The average molecular weight is 497 g/mol. The molecule has 1 saturated carbocycles. The van der Waals surface area contributed by atoms with E-state index in [9.17, 15) is 10.2 Å². The van der Waals surface area contributed by atoms with Crippen LogP contribution in [0.2, 0.25) is 10.0 Å². The normalized spacial score (nSPS) is 19.8. The van der Waals surface area contributed by atoms with Crippen molar-refractivity contribution in [2.24, 2.45) is 0 Å². The lowest BCUT2D eigenvalue weighted by Crippen LogP contribution is -2.48. The molecule has 1 heterocycles. The summed E-state index contributed by atoms with van der Waals surface area (Å²) in [5.41, 5.74) is 3.23. The second kappa shape index (κ2) is 10.3. The van der Waals surface area contributed by atoms with Gasteiger partial charge in [0, 0.05) is 51.0 Å². The summed E-state index contributed by atoms with van der Waals surface area (Å²) in [5.74, 6) is 0. The van der Waals surface area contributed by atoms with Crippen LogP contribution in [0.1, 0.15) is 31.2 Å². The number of aliphatic hydroxyl groups is 2. The molecule has 0 radical (unpaired) electrons. The van der Waals surface area contributed by atoms with Crippen molar-refractivity contribution in [1.29, 1.82) is 0 Å². The van der Waals surface area contributed by atoms with Crippen molar-refractivity contribution in [2.75, 3.05) is 6.54 Å². The fraction of sp³-hybridized carbons (Fsp3) is 0.357. The third kappa shape index (κ3) is 4.98. The quantitative estimate of drug-likeness (QED) is 0.317. The molecule has 1 aliphatic rings. The van der Waals surface area contributed by atoms with Crippen molar-refractivity contribution in [3.05, 3.63) is 82.3 Å². The summed E-state index contributed by atoms with van der Waals surface area (Å²) in [4.78, 5) is 2.27. The monoisotopic (exact) mass is 496 g/mol. The number of fused-ring (bicyclic) bond motifs is 3. The maximum Gasteiger partial charge on any atom is 0.0846 e. The lowest BCUT2D eigenvalue weighted by atomic mass is 9.90. The maximum atomic E-state index is 11.3.